The van der Waals surface area contributed by atoms with E-state index >= 15 is 0 Å². The molecule has 2 heterocycles. The summed E-state index contributed by atoms with van der Waals surface area (Å²) >= 11 is 0. The SMILES string of the molecule is O=C(Cc1c[nH]c2ccccc12)NNC(=O)c1ccc(-n2cnnn2)cc1. The Labute approximate surface area is 153 Å². The number of hydrazine groups is 1. The molecule has 0 unspecified atom stereocenters. The molecule has 2 amide bonds. The smallest absolute Gasteiger partial charge is 0.269 e. The lowest BCUT2D eigenvalue weighted by molar-refractivity contribution is -0.121. The van der Waals surface area contributed by atoms with Crippen LogP contribution in [0.1, 0.15) is 15.9 Å². The monoisotopic (exact) mass is 361 g/mol. The molecule has 0 fully saturated rings. The molecule has 0 atom stereocenters. The third-order valence-corrected chi connectivity index (χ3v) is 4.08. The summed E-state index contributed by atoms with van der Waals surface area (Å²) in [6, 6.07) is 14.4. The minimum absolute atomic E-state index is 0.155. The predicted molar refractivity (Wildman–Crippen MR) is 96.8 cm³/mol. The van der Waals surface area contributed by atoms with Crippen LogP contribution in [0.15, 0.2) is 61.1 Å². The minimum atomic E-state index is -0.412. The Morgan fingerprint density at radius 3 is 2.63 bits per heavy atom. The number of carbonyl (C=O) groups excluding carboxylic acids is 2. The molecule has 9 nitrogen and oxygen atoms in total. The molecular weight excluding hydrogens is 346 g/mol. The van der Waals surface area contributed by atoms with Crippen molar-refractivity contribution in [1.82, 2.24) is 36.0 Å². The molecule has 2 aromatic heterocycles. The number of nitrogens with zero attached hydrogens (tertiary/aromatic N) is 4. The fourth-order valence-corrected chi connectivity index (χ4v) is 2.74. The molecule has 4 aromatic rings. The number of aromatic nitrogens is 5. The van der Waals surface area contributed by atoms with Gasteiger partial charge in [0.15, 0.2) is 0 Å². The summed E-state index contributed by atoms with van der Waals surface area (Å²) in [6.07, 6.45) is 3.41. The van der Waals surface area contributed by atoms with Crippen molar-refractivity contribution in [3.63, 3.8) is 0 Å². The van der Waals surface area contributed by atoms with E-state index in [0.29, 0.717) is 5.56 Å². The third-order valence-electron chi connectivity index (χ3n) is 4.08. The summed E-state index contributed by atoms with van der Waals surface area (Å²) in [4.78, 5) is 27.4. The number of rotatable bonds is 4. The zero-order valence-corrected chi connectivity index (χ0v) is 14.1. The van der Waals surface area contributed by atoms with Crippen LogP contribution >= 0.6 is 0 Å². The first-order valence-corrected chi connectivity index (χ1v) is 8.18. The largest absolute Gasteiger partial charge is 0.361 e. The number of benzene rings is 2. The van der Waals surface area contributed by atoms with Crippen LogP contribution < -0.4 is 10.9 Å². The normalized spacial score (nSPS) is 10.7. The van der Waals surface area contributed by atoms with Gasteiger partial charge in [-0.1, -0.05) is 18.2 Å². The summed E-state index contributed by atoms with van der Waals surface area (Å²) in [5.41, 5.74) is 7.81. The van der Waals surface area contributed by atoms with Crippen molar-refractivity contribution in [2.75, 3.05) is 0 Å². The second-order valence-corrected chi connectivity index (χ2v) is 5.84. The maximum Gasteiger partial charge on any atom is 0.269 e. The number of amides is 2. The second-order valence-electron chi connectivity index (χ2n) is 5.84. The van der Waals surface area contributed by atoms with Crippen LogP contribution in [0, 0.1) is 0 Å². The number of H-pyrrole nitrogens is 1. The number of carbonyl (C=O) groups is 2. The second kappa shape index (κ2) is 7.08. The molecule has 0 aliphatic heterocycles. The highest BCUT2D eigenvalue weighted by Gasteiger charge is 2.11. The molecule has 0 aliphatic rings. The molecule has 134 valence electrons. The molecule has 9 heteroatoms. The van der Waals surface area contributed by atoms with E-state index in [4.69, 9.17) is 0 Å². The predicted octanol–water partition coefficient (Wildman–Crippen LogP) is 1.15. The topological polar surface area (TPSA) is 118 Å². The van der Waals surface area contributed by atoms with Gasteiger partial charge in [-0.25, -0.2) is 4.68 Å². The van der Waals surface area contributed by atoms with E-state index in [9.17, 15) is 9.59 Å². The lowest BCUT2D eigenvalue weighted by atomic mass is 10.1. The van der Waals surface area contributed by atoms with E-state index in [1.807, 2.05) is 24.3 Å². The first kappa shape index (κ1) is 16.5. The van der Waals surface area contributed by atoms with Gasteiger partial charge in [0.05, 0.1) is 12.1 Å². The van der Waals surface area contributed by atoms with Crippen LogP contribution in [0.3, 0.4) is 0 Å². The maximum atomic E-state index is 12.2. The van der Waals surface area contributed by atoms with Crippen LogP contribution in [0.25, 0.3) is 16.6 Å². The van der Waals surface area contributed by atoms with Gasteiger partial charge in [-0.3, -0.25) is 20.4 Å². The van der Waals surface area contributed by atoms with Crippen molar-refractivity contribution in [3.8, 4) is 5.69 Å². The van der Waals surface area contributed by atoms with Gasteiger partial charge in [0.25, 0.3) is 5.91 Å². The molecule has 0 saturated heterocycles. The first-order valence-electron chi connectivity index (χ1n) is 8.18. The maximum absolute atomic E-state index is 12.2. The molecule has 0 bridgehead atoms. The molecule has 27 heavy (non-hydrogen) atoms. The van der Waals surface area contributed by atoms with Crippen molar-refractivity contribution in [2.45, 2.75) is 6.42 Å². The van der Waals surface area contributed by atoms with Gasteiger partial charge in [0, 0.05) is 22.7 Å². The van der Waals surface area contributed by atoms with Crippen molar-refractivity contribution >= 4 is 22.7 Å². The zero-order valence-electron chi connectivity index (χ0n) is 14.1. The highest BCUT2D eigenvalue weighted by Crippen LogP contribution is 2.17. The van der Waals surface area contributed by atoms with E-state index in [0.717, 1.165) is 22.2 Å². The Morgan fingerprint density at radius 1 is 1.04 bits per heavy atom. The molecule has 0 saturated carbocycles. The van der Waals surface area contributed by atoms with Gasteiger partial charge in [-0.2, -0.15) is 0 Å². The van der Waals surface area contributed by atoms with Gasteiger partial charge in [0.1, 0.15) is 6.33 Å². The number of hydrogen-bond donors (Lipinski definition) is 3. The number of hydrogen-bond acceptors (Lipinski definition) is 5. The molecule has 3 N–H and O–H groups in total. The van der Waals surface area contributed by atoms with Gasteiger partial charge in [0.2, 0.25) is 5.91 Å². The Bertz CT molecular complexity index is 1080. The first-order chi connectivity index (χ1) is 13.2. The van der Waals surface area contributed by atoms with E-state index in [2.05, 4.69) is 31.4 Å². The molecule has 4 rings (SSSR count). The fourth-order valence-electron chi connectivity index (χ4n) is 2.74. The zero-order chi connectivity index (χ0) is 18.6. The molecule has 0 aliphatic carbocycles. The van der Waals surface area contributed by atoms with E-state index in [1.54, 1.807) is 30.5 Å². The van der Waals surface area contributed by atoms with E-state index in [-0.39, 0.29) is 12.3 Å². The lowest BCUT2D eigenvalue weighted by Gasteiger charge is -2.08. The number of nitrogens with one attached hydrogen (secondary N) is 3. The van der Waals surface area contributed by atoms with Gasteiger partial charge >= 0.3 is 0 Å². The highest BCUT2D eigenvalue weighted by atomic mass is 16.2. The van der Waals surface area contributed by atoms with E-state index in [1.165, 1.54) is 11.0 Å². The van der Waals surface area contributed by atoms with Crippen molar-refractivity contribution in [1.29, 1.82) is 0 Å². The van der Waals surface area contributed by atoms with Crippen LogP contribution in [0.5, 0.6) is 0 Å². The third kappa shape index (κ3) is 3.52. The fraction of sp³-hybridized carbons (Fsp3) is 0.0556. The van der Waals surface area contributed by atoms with Crippen molar-refractivity contribution in [3.05, 3.63) is 72.2 Å². The molecule has 0 radical (unpaired) electrons. The Kier molecular flexibility index (Phi) is 4.32. The summed E-state index contributed by atoms with van der Waals surface area (Å²) in [5, 5.41) is 11.9. The molecule has 0 spiro atoms. The number of aromatic amines is 1. The quantitative estimate of drug-likeness (QED) is 0.471. The number of fused-ring (bicyclic) bond motifs is 1. The van der Waals surface area contributed by atoms with Crippen LogP contribution in [-0.4, -0.2) is 37.0 Å². The Balaban J connectivity index is 1.35. The number of tetrazole rings is 1. The van der Waals surface area contributed by atoms with Crippen LogP contribution in [0.2, 0.25) is 0 Å². The van der Waals surface area contributed by atoms with Gasteiger partial charge in [-0.05, 0) is 46.3 Å². The standard InChI is InChI=1S/C18H15N7O2/c26-17(9-13-10-19-16-4-2-1-3-15(13)16)21-22-18(27)12-5-7-14(8-6-12)25-11-20-23-24-25/h1-8,10-11,19H,9H2,(H,21,26)(H,22,27). The van der Waals surface area contributed by atoms with Crippen LogP contribution in [0.4, 0.5) is 0 Å². The van der Waals surface area contributed by atoms with E-state index < -0.39 is 5.91 Å². The minimum Gasteiger partial charge on any atom is -0.361 e. The summed E-state index contributed by atoms with van der Waals surface area (Å²) in [7, 11) is 0. The molecule has 2 aromatic carbocycles. The van der Waals surface area contributed by atoms with Gasteiger partial charge < -0.3 is 4.98 Å². The van der Waals surface area contributed by atoms with Crippen LogP contribution in [-0.2, 0) is 11.2 Å². The van der Waals surface area contributed by atoms with Crippen molar-refractivity contribution < 1.29 is 9.59 Å². The molecular formula is C18H15N7O2. The summed E-state index contributed by atoms with van der Waals surface area (Å²) in [5.74, 6) is -0.719. The summed E-state index contributed by atoms with van der Waals surface area (Å²) < 4.78 is 1.48. The average Bonchev–Trinajstić information content (AvgIpc) is 3.37. The lowest BCUT2D eigenvalue weighted by Crippen LogP contribution is -2.42. The number of para-hydroxylation sites is 1. The average molecular weight is 361 g/mol. The highest BCUT2D eigenvalue weighted by molar-refractivity contribution is 5.96. The van der Waals surface area contributed by atoms with Gasteiger partial charge in [-0.15, -0.1) is 5.10 Å². The van der Waals surface area contributed by atoms with Crippen molar-refractivity contribution in [2.24, 2.45) is 0 Å². The Hall–Kier alpha value is -4.01. The Morgan fingerprint density at radius 2 is 1.85 bits per heavy atom. The summed E-state index contributed by atoms with van der Waals surface area (Å²) in [6.45, 7) is 0.